The maximum Gasteiger partial charge on any atom is 0.302 e. The van der Waals surface area contributed by atoms with Gasteiger partial charge in [-0.1, -0.05) is 30.3 Å². The second-order valence-corrected chi connectivity index (χ2v) is 2.50. The molecule has 0 aliphatic rings. The van der Waals surface area contributed by atoms with Crippen LogP contribution in [0.2, 0.25) is 0 Å². The first-order valence-corrected chi connectivity index (χ1v) is 3.82. The van der Waals surface area contributed by atoms with Crippen LogP contribution in [0.3, 0.4) is 0 Å². The molecule has 0 aromatic heterocycles. The van der Waals surface area contributed by atoms with Gasteiger partial charge in [0.1, 0.15) is 6.61 Å². The summed E-state index contributed by atoms with van der Waals surface area (Å²) < 4.78 is 4.95. The monoisotopic (exact) mass is 180 g/mol. The lowest BCUT2D eigenvalue weighted by atomic mass is 10.2. The van der Waals surface area contributed by atoms with Crippen LogP contribution in [-0.4, -0.2) is 5.17 Å². The highest BCUT2D eigenvalue weighted by Crippen LogP contribution is 2.01. The molecule has 0 amide bonds. The van der Waals surface area contributed by atoms with Crippen molar-refractivity contribution in [3.63, 3.8) is 0 Å². The van der Waals surface area contributed by atoms with Crippen LogP contribution in [0, 0.1) is 5.53 Å². The van der Waals surface area contributed by atoms with Crippen molar-refractivity contribution in [1.82, 2.24) is 0 Å². The van der Waals surface area contributed by atoms with Crippen LogP contribution in [-0.2, 0) is 11.3 Å². The fourth-order valence-corrected chi connectivity index (χ4v) is 0.811. The summed E-state index contributed by atoms with van der Waals surface area (Å²) in [5, 5.41) is 2.93. The lowest BCUT2D eigenvalue weighted by Gasteiger charge is -2.01. The van der Waals surface area contributed by atoms with Crippen LogP contribution < -0.4 is 0 Å². The summed E-state index contributed by atoms with van der Waals surface area (Å²) in [6.07, 6.45) is 0. The Hall–Kier alpha value is -1.29. The average Bonchev–Trinajstić information content (AvgIpc) is 2.16. The smallest absolute Gasteiger partial charge is 0.302 e. The van der Waals surface area contributed by atoms with E-state index in [9.17, 15) is 0 Å². The first kappa shape index (κ1) is 8.80. The van der Waals surface area contributed by atoms with Gasteiger partial charge in [0.25, 0.3) is 0 Å². The Kier molecular flexibility index (Phi) is 3.35. The number of nitrogens with one attached hydrogen (secondary N) is 1. The molecule has 0 radical (unpaired) electrons. The van der Waals surface area contributed by atoms with E-state index in [1.54, 1.807) is 0 Å². The van der Waals surface area contributed by atoms with Gasteiger partial charge in [-0.05, 0) is 17.8 Å². The van der Waals surface area contributed by atoms with Gasteiger partial charge in [-0.15, -0.1) is 5.11 Å². The zero-order valence-electron chi connectivity index (χ0n) is 6.36. The SMILES string of the molecule is N=NC(=S)OCc1ccccc1. The summed E-state index contributed by atoms with van der Waals surface area (Å²) in [6.45, 7) is 0.377. The number of nitrogens with zero attached hydrogens (tertiary/aromatic N) is 1. The average molecular weight is 180 g/mol. The second-order valence-electron chi connectivity index (χ2n) is 2.15. The molecule has 1 N–H and O–H groups in total. The van der Waals surface area contributed by atoms with Crippen molar-refractivity contribution in [3.05, 3.63) is 35.9 Å². The lowest BCUT2D eigenvalue weighted by Crippen LogP contribution is -1.97. The molecule has 0 aliphatic heterocycles. The minimum absolute atomic E-state index is 0.0288. The third kappa shape index (κ3) is 2.75. The van der Waals surface area contributed by atoms with E-state index in [4.69, 9.17) is 10.3 Å². The molecular weight excluding hydrogens is 172 g/mol. The maximum atomic E-state index is 6.53. The lowest BCUT2D eigenvalue weighted by molar-refractivity contribution is 0.294. The molecular formula is C8H8N2OS. The quantitative estimate of drug-likeness (QED) is 0.561. The normalized spacial score (nSPS) is 9.00. The predicted molar refractivity (Wildman–Crippen MR) is 49.0 cm³/mol. The van der Waals surface area contributed by atoms with Gasteiger partial charge in [-0.25, -0.2) is 5.53 Å². The van der Waals surface area contributed by atoms with Gasteiger partial charge in [-0.3, -0.25) is 0 Å². The van der Waals surface area contributed by atoms with Crippen molar-refractivity contribution in [2.24, 2.45) is 5.11 Å². The van der Waals surface area contributed by atoms with E-state index >= 15 is 0 Å². The van der Waals surface area contributed by atoms with Crippen LogP contribution in [0.25, 0.3) is 0 Å². The summed E-state index contributed by atoms with van der Waals surface area (Å²) in [5.41, 5.74) is 7.55. The zero-order valence-corrected chi connectivity index (χ0v) is 7.17. The molecule has 62 valence electrons. The molecule has 0 bridgehead atoms. The first-order valence-electron chi connectivity index (χ1n) is 3.41. The molecule has 1 aromatic rings. The van der Waals surface area contributed by atoms with E-state index in [0.29, 0.717) is 6.61 Å². The van der Waals surface area contributed by atoms with Gasteiger partial charge in [0, 0.05) is 0 Å². The Balaban J connectivity index is 2.43. The van der Waals surface area contributed by atoms with Crippen LogP contribution >= 0.6 is 12.2 Å². The molecule has 0 saturated carbocycles. The zero-order chi connectivity index (χ0) is 8.81. The number of thiocarbonyl (C=S) groups is 1. The minimum atomic E-state index is -0.0288. The highest BCUT2D eigenvalue weighted by atomic mass is 32.1. The number of ether oxygens (including phenoxy) is 1. The summed E-state index contributed by atoms with van der Waals surface area (Å²) in [7, 11) is 0. The highest BCUT2D eigenvalue weighted by Gasteiger charge is 1.94. The number of benzene rings is 1. The Morgan fingerprint density at radius 2 is 2.08 bits per heavy atom. The van der Waals surface area contributed by atoms with Crippen molar-refractivity contribution < 1.29 is 4.74 Å². The van der Waals surface area contributed by atoms with Crippen LogP contribution in [0.15, 0.2) is 35.4 Å². The molecule has 3 nitrogen and oxygen atoms in total. The van der Waals surface area contributed by atoms with Gasteiger partial charge < -0.3 is 4.74 Å². The minimum Gasteiger partial charge on any atom is -0.464 e. The number of rotatable bonds is 2. The van der Waals surface area contributed by atoms with Crippen molar-refractivity contribution in [1.29, 1.82) is 5.53 Å². The van der Waals surface area contributed by atoms with Crippen molar-refractivity contribution in [2.45, 2.75) is 6.61 Å². The third-order valence-corrected chi connectivity index (χ3v) is 1.51. The molecule has 0 atom stereocenters. The van der Waals surface area contributed by atoms with Crippen molar-refractivity contribution in [3.8, 4) is 0 Å². The maximum absolute atomic E-state index is 6.53. The van der Waals surface area contributed by atoms with E-state index in [1.807, 2.05) is 30.3 Å². The van der Waals surface area contributed by atoms with E-state index in [1.165, 1.54) is 0 Å². The van der Waals surface area contributed by atoms with Crippen molar-refractivity contribution >= 4 is 17.4 Å². The molecule has 4 heteroatoms. The van der Waals surface area contributed by atoms with Crippen LogP contribution in [0.4, 0.5) is 0 Å². The van der Waals surface area contributed by atoms with E-state index in [0.717, 1.165) is 5.56 Å². The highest BCUT2D eigenvalue weighted by molar-refractivity contribution is 7.80. The topological polar surface area (TPSA) is 45.4 Å². The fourth-order valence-electron chi connectivity index (χ4n) is 0.752. The van der Waals surface area contributed by atoms with E-state index in [-0.39, 0.29) is 5.17 Å². The summed E-state index contributed by atoms with van der Waals surface area (Å²) >= 11 is 4.58. The Labute approximate surface area is 75.9 Å². The largest absolute Gasteiger partial charge is 0.464 e. The fraction of sp³-hybridized carbons (Fsp3) is 0.125. The standard InChI is InChI=1S/C8H8N2OS/c9-10-8(12)11-6-7-4-2-1-3-5-7/h1-5,9H,6H2. The van der Waals surface area contributed by atoms with Gasteiger partial charge in [-0.2, -0.15) is 0 Å². The van der Waals surface area contributed by atoms with Crippen molar-refractivity contribution in [2.75, 3.05) is 0 Å². The molecule has 0 heterocycles. The van der Waals surface area contributed by atoms with E-state index in [2.05, 4.69) is 17.3 Å². The Bertz CT molecular complexity index is 274. The summed E-state index contributed by atoms with van der Waals surface area (Å²) in [5.74, 6) is 0. The molecule has 1 aromatic carbocycles. The molecule has 0 spiro atoms. The summed E-state index contributed by atoms with van der Waals surface area (Å²) in [4.78, 5) is 0. The molecule has 1 rings (SSSR count). The Morgan fingerprint density at radius 3 is 2.67 bits per heavy atom. The van der Waals surface area contributed by atoms with Crippen LogP contribution in [0.1, 0.15) is 5.56 Å². The van der Waals surface area contributed by atoms with E-state index < -0.39 is 0 Å². The number of hydrogen-bond donors (Lipinski definition) is 1. The second kappa shape index (κ2) is 4.56. The molecule has 0 aliphatic carbocycles. The molecule has 0 fully saturated rings. The Morgan fingerprint density at radius 1 is 1.42 bits per heavy atom. The van der Waals surface area contributed by atoms with Gasteiger partial charge in [0.05, 0.1) is 0 Å². The third-order valence-electron chi connectivity index (χ3n) is 1.30. The van der Waals surface area contributed by atoms with Gasteiger partial charge in [0.2, 0.25) is 0 Å². The van der Waals surface area contributed by atoms with Gasteiger partial charge in [0.15, 0.2) is 0 Å². The molecule has 0 unspecified atom stereocenters. The van der Waals surface area contributed by atoms with Gasteiger partial charge >= 0.3 is 5.17 Å². The predicted octanol–water partition coefficient (Wildman–Crippen LogP) is 2.52. The van der Waals surface area contributed by atoms with Crippen LogP contribution in [0.5, 0.6) is 0 Å². The first-order chi connectivity index (χ1) is 5.83. The molecule has 12 heavy (non-hydrogen) atoms. The number of hydrogen-bond acceptors (Lipinski definition) is 3. The molecule has 0 saturated heterocycles. The summed E-state index contributed by atoms with van der Waals surface area (Å²) in [6, 6.07) is 9.61.